The van der Waals surface area contributed by atoms with Gasteiger partial charge in [0.25, 0.3) is 0 Å². The monoisotopic (exact) mass is 264 g/mol. The first-order chi connectivity index (χ1) is 8.15. The standard InChI is InChI=1S/C11H9ClN4S/c1-6-3-4-8(5-9(6)12)10-15-16-7(2)13-14-11(16)17-10/h3-5H,1-2H3. The lowest BCUT2D eigenvalue weighted by Crippen LogP contribution is -1.88. The van der Waals surface area contributed by atoms with Crippen LogP contribution in [0.3, 0.4) is 0 Å². The molecule has 0 bridgehead atoms. The van der Waals surface area contributed by atoms with Gasteiger partial charge in [0.2, 0.25) is 4.96 Å². The van der Waals surface area contributed by atoms with Crippen LogP contribution in [0.4, 0.5) is 0 Å². The molecule has 0 unspecified atom stereocenters. The molecule has 6 heteroatoms. The summed E-state index contributed by atoms with van der Waals surface area (Å²) in [4.78, 5) is 0.800. The zero-order valence-electron chi connectivity index (χ0n) is 9.31. The molecule has 3 aromatic rings. The van der Waals surface area contributed by atoms with Crippen molar-refractivity contribution in [1.29, 1.82) is 0 Å². The number of hydrogen-bond acceptors (Lipinski definition) is 4. The largest absolute Gasteiger partial charge is 0.234 e. The summed E-state index contributed by atoms with van der Waals surface area (Å²) in [6.07, 6.45) is 0. The average molecular weight is 265 g/mol. The first-order valence-corrected chi connectivity index (χ1v) is 6.30. The van der Waals surface area contributed by atoms with Crippen LogP contribution >= 0.6 is 22.9 Å². The number of aromatic nitrogens is 4. The maximum absolute atomic E-state index is 6.11. The molecule has 17 heavy (non-hydrogen) atoms. The molecule has 0 aliphatic rings. The van der Waals surface area contributed by atoms with E-state index < -0.39 is 0 Å². The van der Waals surface area contributed by atoms with Gasteiger partial charge >= 0.3 is 0 Å². The second-order valence-electron chi connectivity index (χ2n) is 3.81. The van der Waals surface area contributed by atoms with Crippen LogP contribution in [-0.4, -0.2) is 19.8 Å². The zero-order chi connectivity index (χ0) is 12.0. The Labute approximate surface area is 107 Å². The van der Waals surface area contributed by atoms with E-state index >= 15 is 0 Å². The number of nitrogens with zero attached hydrogens (tertiary/aromatic N) is 4. The predicted molar refractivity (Wildman–Crippen MR) is 68.6 cm³/mol. The summed E-state index contributed by atoms with van der Waals surface area (Å²) < 4.78 is 1.74. The fourth-order valence-electron chi connectivity index (χ4n) is 1.56. The van der Waals surface area contributed by atoms with E-state index in [1.165, 1.54) is 11.3 Å². The van der Waals surface area contributed by atoms with Crippen molar-refractivity contribution in [2.75, 3.05) is 0 Å². The van der Waals surface area contributed by atoms with Gasteiger partial charge in [0.1, 0.15) is 5.01 Å². The van der Waals surface area contributed by atoms with Crippen LogP contribution in [-0.2, 0) is 0 Å². The first kappa shape index (κ1) is 10.7. The number of fused-ring (bicyclic) bond motifs is 1. The van der Waals surface area contributed by atoms with Gasteiger partial charge in [0, 0.05) is 10.6 Å². The Morgan fingerprint density at radius 3 is 2.76 bits per heavy atom. The van der Waals surface area contributed by atoms with Crippen LogP contribution in [0, 0.1) is 13.8 Å². The highest BCUT2D eigenvalue weighted by molar-refractivity contribution is 7.19. The third kappa shape index (κ3) is 1.71. The highest BCUT2D eigenvalue weighted by Crippen LogP contribution is 2.28. The molecule has 4 nitrogen and oxygen atoms in total. The van der Waals surface area contributed by atoms with Gasteiger partial charge in [-0.3, -0.25) is 0 Å². The van der Waals surface area contributed by atoms with Crippen molar-refractivity contribution in [2.45, 2.75) is 13.8 Å². The fourth-order valence-corrected chi connectivity index (χ4v) is 2.62. The first-order valence-electron chi connectivity index (χ1n) is 5.10. The maximum Gasteiger partial charge on any atom is 0.234 e. The van der Waals surface area contributed by atoms with Crippen LogP contribution in [0.5, 0.6) is 0 Å². The van der Waals surface area contributed by atoms with E-state index in [1.807, 2.05) is 32.0 Å². The Bertz CT molecular complexity index is 701. The smallest absolute Gasteiger partial charge is 0.187 e. The Morgan fingerprint density at radius 1 is 1.24 bits per heavy atom. The Hall–Kier alpha value is -1.46. The molecule has 2 aromatic heterocycles. The van der Waals surface area contributed by atoms with Crippen LogP contribution in [0.15, 0.2) is 18.2 Å². The number of hydrogen-bond donors (Lipinski definition) is 0. The highest BCUT2D eigenvalue weighted by Gasteiger charge is 2.10. The normalized spacial score (nSPS) is 11.2. The molecule has 0 saturated carbocycles. The molecule has 0 fully saturated rings. The lowest BCUT2D eigenvalue weighted by atomic mass is 10.2. The quantitative estimate of drug-likeness (QED) is 0.678. The SMILES string of the molecule is Cc1ccc(-c2nn3c(C)nnc3s2)cc1Cl. The lowest BCUT2D eigenvalue weighted by Gasteiger charge is -1.99. The number of halogens is 1. The molecular weight excluding hydrogens is 256 g/mol. The minimum absolute atomic E-state index is 0.755. The van der Waals surface area contributed by atoms with E-state index in [0.717, 1.165) is 31.9 Å². The van der Waals surface area contributed by atoms with Crippen molar-refractivity contribution in [3.8, 4) is 10.6 Å². The number of aryl methyl sites for hydroxylation is 2. The van der Waals surface area contributed by atoms with Gasteiger partial charge < -0.3 is 0 Å². The van der Waals surface area contributed by atoms with Gasteiger partial charge in [-0.2, -0.15) is 9.61 Å². The zero-order valence-corrected chi connectivity index (χ0v) is 10.9. The topological polar surface area (TPSA) is 43.1 Å². The summed E-state index contributed by atoms with van der Waals surface area (Å²) in [6.45, 7) is 3.86. The Morgan fingerprint density at radius 2 is 2.06 bits per heavy atom. The van der Waals surface area contributed by atoms with Crippen LogP contribution < -0.4 is 0 Å². The minimum atomic E-state index is 0.755. The van der Waals surface area contributed by atoms with Crippen LogP contribution in [0.25, 0.3) is 15.5 Å². The molecule has 0 atom stereocenters. The van der Waals surface area contributed by atoms with Gasteiger partial charge in [0.15, 0.2) is 5.82 Å². The van der Waals surface area contributed by atoms with Crippen molar-refractivity contribution in [3.05, 3.63) is 34.6 Å². The van der Waals surface area contributed by atoms with Gasteiger partial charge in [-0.15, -0.1) is 10.2 Å². The van der Waals surface area contributed by atoms with E-state index in [-0.39, 0.29) is 0 Å². The summed E-state index contributed by atoms with van der Waals surface area (Å²) in [5.41, 5.74) is 2.07. The molecule has 0 radical (unpaired) electrons. The van der Waals surface area contributed by atoms with Crippen molar-refractivity contribution >= 4 is 27.9 Å². The van der Waals surface area contributed by atoms with E-state index in [9.17, 15) is 0 Å². The molecule has 0 amide bonds. The summed E-state index contributed by atoms with van der Waals surface area (Å²) in [7, 11) is 0. The van der Waals surface area contributed by atoms with Gasteiger partial charge in [0.05, 0.1) is 0 Å². The number of benzene rings is 1. The van der Waals surface area contributed by atoms with Gasteiger partial charge in [-0.05, 0) is 25.5 Å². The van der Waals surface area contributed by atoms with Crippen molar-refractivity contribution in [3.63, 3.8) is 0 Å². The van der Waals surface area contributed by atoms with Crippen LogP contribution in [0.1, 0.15) is 11.4 Å². The molecular formula is C11H9ClN4S. The van der Waals surface area contributed by atoms with E-state index in [2.05, 4.69) is 15.3 Å². The molecule has 86 valence electrons. The fraction of sp³-hybridized carbons (Fsp3) is 0.182. The predicted octanol–water partition coefficient (Wildman–Crippen LogP) is 3.12. The summed E-state index contributed by atoms with van der Waals surface area (Å²) in [6, 6.07) is 5.94. The molecule has 1 aromatic carbocycles. The van der Waals surface area contributed by atoms with E-state index in [0.29, 0.717) is 0 Å². The summed E-state index contributed by atoms with van der Waals surface area (Å²) in [5.74, 6) is 0.792. The maximum atomic E-state index is 6.11. The molecule has 3 rings (SSSR count). The van der Waals surface area contributed by atoms with Crippen molar-refractivity contribution < 1.29 is 0 Å². The average Bonchev–Trinajstić information content (AvgIpc) is 2.86. The van der Waals surface area contributed by atoms with Crippen LogP contribution in [0.2, 0.25) is 5.02 Å². The molecule has 0 spiro atoms. The number of rotatable bonds is 1. The molecule has 0 saturated heterocycles. The third-order valence-electron chi connectivity index (χ3n) is 2.57. The molecule has 0 aliphatic carbocycles. The van der Waals surface area contributed by atoms with Gasteiger partial charge in [-0.1, -0.05) is 35.1 Å². The minimum Gasteiger partial charge on any atom is -0.187 e. The third-order valence-corrected chi connectivity index (χ3v) is 3.92. The Balaban J connectivity index is 2.16. The molecule has 0 aliphatic heterocycles. The highest BCUT2D eigenvalue weighted by atomic mass is 35.5. The second kappa shape index (κ2) is 3.78. The summed E-state index contributed by atoms with van der Waals surface area (Å²) in [5, 5.41) is 14.1. The van der Waals surface area contributed by atoms with Gasteiger partial charge in [-0.25, -0.2) is 0 Å². The molecule has 0 N–H and O–H groups in total. The molecule has 2 heterocycles. The second-order valence-corrected chi connectivity index (χ2v) is 5.18. The lowest BCUT2D eigenvalue weighted by molar-refractivity contribution is 0.898. The van der Waals surface area contributed by atoms with Crippen molar-refractivity contribution in [2.24, 2.45) is 0 Å². The van der Waals surface area contributed by atoms with E-state index in [4.69, 9.17) is 11.6 Å². The Kier molecular flexibility index (Phi) is 2.38. The summed E-state index contributed by atoms with van der Waals surface area (Å²) >= 11 is 7.62. The van der Waals surface area contributed by atoms with Crippen molar-refractivity contribution in [1.82, 2.24) is 19.8 Å². The van der Waals surface area contributed by atoms with E-state index in [1.54, 1.807) is 4.52 Å².